The molecule has 0 spiro atoms. The Labute approximate surface area is 162 Å². The molecule has 1 aliphatic heterocycles. The van der Waals surface area contributed by atoms with E-state index in [0.29, 0.717) is 36.0 Å². The Morgan fingerprint density at radius 1 is 1.18 bits per heavy atom. The van der Waals surface area contributed by atoms with E-state index >= 15 is 0 Å². The van der Waals surface area contributed by atoms with Crippen molar-refractivity contribution < 1.29 is 14.0 Å². The number of likely N-dealkylation sites (tertiary alicyclic amines) is 1. The molecule has 1 saturated heterocycles. The maximum Gasteiger partial charge on any atom is 0.253 e. The Morgan fingerprint density at radius 3 is 2.82 bits per heavy atom. The monoisotopic (exact) mass is 377 g/mol. The van der Waals surface area contributed by atoms with Gasteiger partial charge in [-0.2, -0.15) is 0 Å². The van der Waals surface area contributed by atoms with Crippen LogP contribution in [-0.2, 0) is 11.3 Å². The summed E-state index contributed by atoms with van der Waals surface area (Å²) >= 11 is 0. The molecule has 1 fully saturated rings. The maximum absolute atomic E-state index is 13.4. The summed E-state index contributed by atoms with van der Waals surface area (Å²) in [5.41, 5.74) is 1.98. The molecule has 1 N–H and O–H groups in total. The van der Waals surface area contributed by atoms with Gasteiger partial charge in [-0.3, -0.25) is 14.6 Å². The molecule has 142 valence electrons. The minimum absolute atomic E-state index is 0.0803. The van der Waals surface area contributed by atoms with Gasteiger partial charge in [0.15, 0.2) is 0 Å². The summed E-state index contributed by atoms with van der Waals surface area (Å²) in [6, 6.07) is 15.1. The molecule has 1 atom stereocenters. The number of nitrogens with zero attached hydrogens (tertiary/aromatic N) is 2. The van der Waals surface area contributed by atoms with Gasteiger partial charge in [-0.15, -0.1) is 0 Å². The van der Waals surface area contributed by atoms with Crippen molar-refractivity contribution in [3.8, 4) is 0 Å². The van der Waals surface area contributed by atoms with Crippen molar-refractivity contribution in [2.75, 3.05) is 6.54 Å². The van der Waals surface area contributed by atoms with Crippen molar-refractivity contribution in [1.29, 1.82) is 0 Å². The molecule has 3 aromatic rings. The third kappa shape index (κ3) is 3.86. The molecule has 1 aromatic heterocycles. The highest BCUT2D eigenvalue weighted by Crippen LogP contribution is 2.18. The molecule has 5 nitrogen and oxygen atoms in total. The predicted octanol–water partition coefficient (Wildman–Crippen LogP) is 3.29. The zero-order chi connectivity index (χ0) is 19.5. The molecular weight excluding hydrogens is 357 g/mol. The van der Waals surface area contributed by atoms with Crippen LogP contribution in [0.25, 0.3) is 10.9 Å². The number of fused-ring (bicyclic) bond motifs is 1. The molecule has 2 heterocycles. The van der Waals surface area contributed by atoms with Crippen molar-refractivity contribution in [3.63, 3.8) is 0 Å². The van der Waals surface area contributed by atoms with E-state index < -0.39 is 6.04 Å². The number of pyridine rings is 1. The van der Waals surface area contributed by atoms with E-state index in [4.69, 9.17) is 0 Å². The Morgan fingerprint density at radius 2 is 2.00 bits per heavy atom. The molecule has 1 unspecified atom stereocenters. The second-order valence-corrected chi connectivity index (χ2v) is 6.97. The first-order valence-corrected chi connectivity index (χ1v) is 9.29. The Balaban J connectivity index is 1.47. The zero-order valence-corrected chi connectivity index (χ0v) is 15.3. The lowest BCUT2D eigenvalue weighted by molar-refractivity contribution is -0.136. The number of aromatic nitrogens is 1. The second kappa shape index (κ2) is 7.76. The van der Waals surface area contributed by atoms with Gasteiger partial charge < -0.3 is 10.2 Å². The number of rotatable bonds is 4. The highest BCUT2D eigenvalue weighted by molar-refractivity contribution is 5.99. The number of hydrogen-bond acceptors (Lipinski definition) is 3. The first-order chi connectivity index (χ1) is 13.6. The fourth-order valence-corrected chi connectivity index (χ4v) is 3.50. The quantitative estimate of drug-likeness (QED) is 0.759. The highest BCUT2D eigenvalue weighted by atomic mass is 19.1. The van der Waals surface area contributed by atoms with Crippen LogP contribution >= 0.6 is 0 Å². The number of benzene rings is 2. The number of amides is 2. The number of piperidine rings is 1. The smallest absolute Gasteiger partial charge is 0.253 e. The van der Waals surface area contributed by atoms with Crippen LogP contribution in [-0.4, -0.2) is 34.3 Å². The summed E-state index contributed by atoms with van der Waals surface area (Å²) in [5.74, 6) is -0.840. The average molecular weight is 377 g/mol. The van der Waals surface area contributed by atoms with Gasteiger partial charge in [0.2, 0.25) is 5.91 Å². The maximum atomic E-state index is 13.4. The van der Waals surface area contributed by atoms with Crippen LogP contribution in [0.3, 0.4) is 0 Å². The van der Waals surface area contributed by atoms with Gasteiger partial charge in [-0.05, 0) is 42.7 Å². The molecule has 0 radical (unpaired) electrons. The fourth-order valence-electron chi connectivity index (χ4n) is 3.50. The molecule has 6 heteroatoms. The zero-order valence-electron chi connectivity index (χ0n) is 15.3. The first-order valence-electron chi connectivity index (χ1n) is 9.29. The van der Waals surface area contributed by atoms with Crippen LogP contribution in [0, 0.1) is 5.82 Å². The fraction of sp³-hybridized carbons (Fsp3) is 0.227. The van der Waals surface area contributed by atoms with E-state index in [9.17, 15) is 14.0 Å². The largest absolute Gasteiger partial charge is 0.340 e. The average Bonchev–Trinajstić information content (AvgIpc) is 2.71. The molecule has 2 amide bonds. The molecule has 0 aliphatic carbocycles. The molecular formula is C22H20FN3O2. The summed E-state index contributed by atoms with van der Waals surface area (Å²) in [4.78, 5) is 31.4. The van der Waals surface area contributed by atoms with Crippen molar-refractivity contribution >= 4 is 22.7 Å². The van der Waals surface area contributed by atoms with Crippen molar-refractivity contribution in [2.45, 2.75) is 25.4 Å². The van der Waals surface area contributed by atoms with Gasteiger partial charge >= 0.3 is 0 Å². The number of carbonyl (C=O) groups excluding carboxylic acids is 2. The second-order valence-electron chi connectivity index (χ2n) is 6.97. The van der Waals surface area contributed by atoms with Crippen LogP contribution in [0.15, 0.2) is 60.8 Å². The van der Waals surface area contributed by atoms with E-state index in [2.05, 4.69) is 10.3 Å². The third-order valence-electron chi connectivity index (χ3n) is 4.96. The lowest BCUT2D eigenvalue weighted by Gasteiger charge is -2.32. The van der Waals surface area contributed by atoms with Gasteiger partial charge in [-0.1, -0.05) is 30.3 Å². The molecule has 0 saturated carbocycles. The van der Waals surface area contributed by atoms with Gasteiger partial charge in [0.1, 0.15) is 11.9 Å². The van der Waals surface area contributed by atoms with Crippen LogP contribution in [0.4, 0.5) is 4.39 Å². The van der Waals surface area contributed by atoms with Gasteiger partial charge in [0, 0.05) is 24.7 Å². The number of nitrogens with one attached hydrogen (secondary N) is 1. The van der Waals surface area contributed by atoms with Gasteiger partial charge in [-0.25, -0.2) is 4.39 Å². The normalized spacial score (nSPS) is 17.0. The van der Waals surface area contributed by atoms with Crippen LogP contribution < -0.4 is 5.32 Å². The van der Waals surface area contributed by atoms with E-state index in [1.165, 1.54) is 18.3 Å². The molecule has 0 bridgehead atoms. The van der Waals surface area contributed by atoms with Gasteiger partial charge in [0.05, 0.1) is 11.1 Å². The SMILES string of the molecule is O=C(NC1CCCN(Cc2ccccc2)C1=O)c1cnc2ccc(F)cc2c1. The van der Waals surface area contributed by atoms with Gasteiger partial charge in [0.25, 0.3) is 5.91 Å². The van der Waals surface area contributed by atoms with Crippen molar-refractivity contribution in [1.82, 2.24) is 15.2 Å². The summed E-state index contributed by atoms with van der Waals surface area (Å²) in [6.45, 7) is 1.21. The third-order valence-corrected chi connectivity index (χ3v) is 4.96. The highest BCUT2D eigenvalue weighted by Gasteiger charge is 2.30. The van der Waals surface area contributed by atoms with Crippen molar-refractivity contribution in [2.24, 2.45) is 0 Å². The first kappa shape index (κ1) is 18.1. The van der Waals surface area contributed by atoms with Crippen LogP contribution in [0.2, 0.25) is 0 Å². The van der Waals surface area contributed by atoms with Crippen LogP contribution in [0.1, 0.15) is 28.8 Å². The van der Waals surface area contributed by atoms with Crippen LogP contribution in [0.5, 0.6) is 0 Å². The Kier molecular flexibility index (Phi) is 5.02. The van der Waals surface area contributed by atoms with Crippen molar-refractivity contribution in [3.05, 3.63) is 77.7 Å². The summed E-state index contributed by atoms with van der Waals surface area (Å²) < 4.78 is 13.4. The summed E-state index contributed by atoms with van der Waals surface area (Å²) in [6.07, 6.45) is 2.88. The number of carbonyl (C=O) groups is 2. The van der Waals surface area contributed by atoms with E-state index in [-0.39, 0.29) is 17.6 Å². The molecule has 28 heavy (non-hydrogen) atoms. The van der Waals surface area contributed by atoms with E-state index in [1.807, 2.05) is 30.3 Å². The Hall–Kier alpha value is -3.28. The molecule has 1 aliphatic rings. The minimum Gasteiger partial charge on any atom is -0.340 e. The molecule has 2 aromatic carbocycles. The lowest BCUT2D eigenvalue weighted by atomic mass is 10.0. The lowest BCUT2D eigenvalue weighted by Crippen LogP contribution is -2.51. The van der Waals surface area contributed by atoms with E-state index in [0.717, 1.165) is 12.0 Å². The topological polar surface area (TPSA) is 62.3 Å². The van der Waals surface area contributed by atoms with E-state index in [1.54, 1.807) is 17.0 Å². The summed E-state index contributed by atoms with van der Waals surface area (Å²) in [5, 5.41) is 3.37. The standard InChI is InChI=1S/C22H20FN3O2/c23-18-8-9-19-16(12-18)11-17(13-24-19)21(27)25-20-7-4-10-26(22(20)28)14-15-5-2-1-3-6-15/h1-3,5-6,8-9,11-13,20H,4,7,10,14H2,(H,25,27). The summed E-state index contributed by atoms with van der Waals surface area (Å²) in [7, 11) is 0. The molecule has 4 rings (SSSR count). The predicted molar refractivity (Wildman–Crippen MR) is 104 cm³/mol. The Bertz CT molecular complexity index is 1020. The number of hydrogen-bond donors (Lipinski definition) is 1. The number of halogens is 1. The minimum atomic E-state index is -0.562.